The smallest absolute Gasteiger partial charge is 0.139 e. The van der Waals surface area contributed by atoms with Crippen molar-refractivity contribution in [2.45, 2.75) is 25.4 Å². The highest BCUT2D eigenvalue weighted by Gasteiger charge is 2.31. The van der Waals surface area contributed by atoms with Crippen LogP contribution in [0.3, 0.4) is 0 Å². The Morgan fingerprint density at radius 1 is 1.26 bits per heavy atom. The number of benzene rings is 1. The maximum atomic E-state index is 13.7. The number of terminal acetylenes is 1. The van der Waals surface area contributed by atoms with Crippen LogP contribution in [0.5, 0.6) is 0 Å². The molecule has 0 saturated carbocycles. The fourth-order valence-electron chi connectivity index (χ4n) is 1.99. The summed E-state index contributed by atoms with van der Waals surface area (Å²) in [6.07, 6.45) is 5.24. The first kappa shape index (κ1) is 14.8. The van der Waals surface area contributed by atoms with Crippen LogP contribution in [0.1, 0.15) is 36.5 Å². The number of halogens is 1. The standard InChI is InChI=1S/C16H19FS2/c1-5-11-6-7-12(8-14(11)17)15-18-9-13(10-19-15)16(2,3)4/h1,6-8,13,15H,9-10H2,2-4H3. The van der Waals surface area contributed by atoms with Gasteiger partial charge in [0.25, 0.3) is 0 Å². The fraction of sp³-hybridized carbons (Fsp3) is 0.500. The van der Waals surface area contributed by atoms with Crippen molar-refractivity contribution in [2.75, 3.05) is 11.5 Å². The molecule has 0 atom stereocenters. The van der Waals surface area contributed by atoms with Gasteiger partial charge in [-0.2, -0.15) is 0 Å². The topological polar surface area (TPSA) is 0 Å². The minimum atomic E-state index is -0.279. The summed E-state index contributed by atoms with van der Waals surface area (Å²) in [5.74, 6) is 5.08. The van der Waals surface area contributed by atoms with Gasteiger partial charge < -0.3 is 0 Å². The molecule has 1 aromatic carbocycles. The first-order valence-electron chi connectivity index (χ1n) is 6.41. The van der Waals surface area contributed by atoms with Crippen molar-refractivity contribution in [1.29, 1.82) is 0 Å². The van der Waals surface area contributed by atoms with Crippen LogP contribution in [0.4, 0.5) is 4.39 Å². The minimum Gasteiger partial charge on any atom is -0.206 e. The van der Waals surface area contributed by atoms with Crippen molar-refractivity contribution in [3.8, 4) is 12.3 Å². The second kappa shape index (κ2) is 5.81. The van der Waals surface area contributed by atoms with E-state index in [1.54, 1.807) is 12.1 Å². The second-order valence-corrected chi connectivity index (χ2v) is 8.52. The fourth-order valence-corrected chi connectivity index (χ4v) is 5.72. The lowest BCUT2D eigenvalue weighted by Crippen LogP contribution is -2.27. The van der Waals surface area contributed by atoms with Gasteiger partial charge in [0.05, 0.1) is 10.1 Å². The van der Waals surface area contributed by atoms with Crippen molar-refractivity contribution < 1.29 is 4.39 Å². The lowest BCUT2D eigenvalue weighted by atomic mass is 9.83. The van der Waals surface area contributed by atoms with E-state index in [-0.39, 0.29) is 5.82 Å². The maximum Gasteiger partial charge on any atom is 0.139 e. The Morgan fingerprint density at radius 2 is 1.89 bits per heavy atom. The van der Waals surface area contributed by atoms with Crippen LogP contribution < -0.4 is 0 Å². The van der Waals surface area contributed by atoms with Crippen molar-refractivity contribution in [3.63, 3.8) is 0 Å². The van der Waals surface area contributed by atoms with Crippen LogP contribution in [0.2, 0.25) is 0 Å². The molecule has 19 heavy (non-hydrogen) atoms. The maximum absolute atomic E-state index is 13.7. The van der Waals surface area contributed by atoms with Gasteiger partial charge in [-0.25, -0.2) is 4.39 Å². The van der Waals surface area contributed by atoms with Crippen LogP contribution in [-0.2, 0) is 0 Å². The van der Waals surface area contributed by atoms with Gasteiger partial charge in [0.15, 0.2) is 0 Å². The third kappa shape index (κ3) is 3.49. The molecule has 0 unspecified atom stereocenters. The van der Waals surface area contributed by atoms with Gasteiger partial charge >= 0.3 is 0 Å². The Balaban J connectivity index is 2.06. The highest BCUT2D eigenvalue weighted by atomic mass is 32.2. The molecule has 2 rings (SSSR count). The summed E-state index contributed by atoms with van der Waals surface area (Å²) in [6.45, 7) is 6.88. The van der Waals surface area contributed by atoms with E-state index in [0.29, 0.717) is 21.5 Å². The quantitative estimate of drug-likeness (QED) is 0.672. The van der Waals surface area contributed by atoms with Gasteiger partial charge in [-0.1, -0.05) is 32.8 Å². The Morgan fingerprint density at radius 3 is 2.37 bits per heavy atom. The third-order valence-electron chi connectivity index (χ3n) is 3.54. The Kier molecular flexibility index (Phi) is 4.53. The molecule has 1 fully saturated rings. The largest absolute Gasteiger partial charge is 0.206 e. The lowest BCUT2D eigenvalue weighted by Gasteiger charge is -2.36. The minimum absolute atomic E-state index is 0.279. The lowest BCUT2D eigenvalue weighted by molar-refractivity contribution is 0.292. The van der Waals surface area contributed by atoms with E-state index in [4.69, 9.17) is 6.42 Å². The number of thioether (sulfide) groups is 2. The molecule has 3 heteroatoms. The Hall–Kier alpha value is -0.590. The molecule has 102 valence electrons. The molecular weight excluding hydrogens is 275 g/mol. The van der Waals surface area contributed by atoms with Gasteiger partial charge in [0.2, 0.25) is 0 Å². The van der Waals surface area contributed by atoms with Gasteiger partial charge in [-0.05, 0) is 40.5 Å². The molecule has 1 aliphatic rings. The molecule has 1 aliphatic heterocycles. The molecule has 0 amide bonds. The van der Waals surface area contributed by atoms with Gasteiger partial charge in [-0.3, -0.25) is 0 Å². The van der Waals surface area contributed by atoms with E-state index in [9.17, 15) is 4.39 Å². The zero-order valence-electron chi connectivity index (χ0n) is 11.6. The molecule has 0 N–H and O–H groups in total. The highest BCUT2D eigenvalue weighted by molar-refractivity contribution is 8.16. The summed E-state index contributed by atoms with van der Waals surface area (Å²) in [5, 5.41) is 0. The third-order valence-corrected chi connectivity index (χ3v) is 6.70. The molecule has 1 heterocycles. The first-order valence-corrected chi connectivity index (χ1v) is 8.51. The van der Waals surface area contributed by atoms with E-state index >= 15 is 0 Å². The normalized spacial score (nSPS) is 23.9. The van der Waals surface area contributed by atoms with E-state index < -0.39 is 0 Å². The molecule has 0 radical (unpaired) electrons. The molecule has 0 bridgehead atoms. The van der Waals surface area contributed by atoms with Crippen LogP contribution in [0.15, 0.2) is 18.2 Å². The van der Waals surface area contributed by atoms with E-state index in [1.165, 1.54) is 0 Å². The summed E-state index contributed by atoms with van der Waals surface area (Å²) in [7, 11) is 0. The molecule has 0 spiro atoms. The van der Waals surface area contributed by atoms with Crippen molar-refractivity contribution in [3.05, 3.63) is 35.1 Å². The van der Waals surface area contributed by atoms with E-state index in [1.807, 2.05) is 29.6 Å². The number of hydrogen-bond donors (Lipinski definition) is 0. The number of rotatable bonds is 1. The monoisotopic (exact) mass is 294 g/mol. The van der Waals surface area contributed by atoms with Crippen molar-refractivity contribution in [2.24, 2.45) is 11.3 Å². The molecule has 0 nitrogen and oxygen atoms in total. The van der Waals surface area contributed by atoms with Crippen LogP contribution in [0, 0.1) is 29.5 Å². The summed E-state index contributed by atoms with van der Waals surface area (Å²) >= 11 is 3.84. The molecule has 0 aromatic heterocycles. The zero-order chi connectivity index (χ0) is 14.0. The van der Waals surface area contributed by atoms with Crippen LogP contribution >= 0.6 is 23.5 Å². The molecule has 1 saturated heterocycles. The Labute approximate surface area is 123 Å². The second-order valence-electron chi connectivity index (χ2n) is 5.95. The Bertz CT molecular complexity index is 488. The molecule has 0 aliphatic carbocycles. The van der Waals surface area contributed by atoms with Crippen LogP contribution in [0.25, 0.3) is 0 Å². The summed E-state index contributed by atoms with van der Waals surface area (Å²) < 4.78 is 14.0. The van der Waals surface area contributed by atoms with E-state index in [0.717, 1.165) is 17.1 Å². The predicted molar refractivity (Wildman–Crippen MR) is 84.9 cm³/mol. The summed E-state index contributed by atoms with van der Waals surface area (Å²) in [5.41, 5.74) is 1.74. The molecule has 1 aromatic rings. The summed E-state index contributed by atoms with van der Waals surface area (Å²) in [6, 6.07) is 5.26. The highest BCUT2D eigenvalue weighted by Crippen LogP contribution is 2.49. The van der Waals surface area contributed by atoms with Gasteiger partial charge in [0.1, 0.15) is 5.82 Å². The van der Waals surface area contributed by atoms with E-state index in [2.05, 4.69) is 26.7 Å². The zero-order valence-corrected chi connectivity index (χ0v) is 13.2. The molecular formula is C16H19FS2. The van der Waals surface area contributed by atoms with Crippen molar-refractivity contribution >= 4 is 23.5 Å². The predicted octanol–water partition coefficient (Wildman–Crippen LogP) is 4.95. The number of hydrogen-bond acceptors (Lipinski definition) is 2. The average Bonchev–Trinajstić information content (AvgIpc) is 2.38. The van der Waals surface area contributed by atoms with Gasteiger partial charge in [-0.15, -0.1) is 29.9 Å². The van der Waals surface area contributed by atoms with Gasteiger partial charge in [0, 0.05) is 0 Å². The first-order chi connectivity index (χ1) is 8.91. The van der Waals surface area contributed by atoms with Crippen molar-refractivity contribution in [1.82, 2.24) is 0 Å². The SMILES string of the molecule is C#Cc1ccc(C2SCC(C(C)(C)C)CS2)cc1F. The summed E-state index contributed by atoms with van der Waals surface area (Å²) in [4.78, 5) is 0. The van der Waals surface area contributed by atoms with Crippen LogP contribution in [-0.4, -0.2) is 11.5 Å². The average molecular weight is 294 g/mol.